The summed E-state index contributed by atoms with van der Waals surface area (Å²) in [5.74, 6) is -0.345. The van der Waals surface area contributed by atoms with E-state index in [1.54, 1.807) is 33.1 Å². The van der Waals surface area contributed by atoms with Crippen molar-refractivity contribution in [3.8, 4) is 5.75 Å². The standard InChI is InChI=1S/C17H20O5/c1-17(2)21-14(11-16(19)22-17)10-13(18)9-8-12-6-4-5-7-15(12)20-3/h4-9,11,13,18H,10H2,1-3H3/b9-8+/t13-/m0/s1. The van der Waals surface area contributed by atoms with Crippen LogP contribution in [-0.2, 0) is 14.3 Å². The number of cyclic esters (lactones) is 1. The molecule has 0 fully saturated rings. The molecule has 2 rings (SSSR count). The molecule has 0 spiro atoms. The fourth-order valence-corrected chi connectivity index (χ4v) is 2.16. The number of rotatable bonds is 5. The maximum absolute atomic E-state index is 11.4. The SMILES string of the molecule is COc1ccccc1/C=C/[C@H](O)CC1=CC(=O)OC(C)(C)O1. The Kier molecular flexibility index (Phi) is 4.88. The second-order valence-electron chi connectivity index (χ2n) is 5.41. The molecule has 1 aliphatic heterocycles. The van der Waals surface area contributed by atoms with Crippen molar-refractivity contribution < 1.29 is 24.1 Å². The second-order valence-corrected chi connectivity index (χ2v) is 5.41. The summed E-state index contributed by atoms with van der Waals surface area (Å²) >= 11 is 0. The van der Waals surface area contributed by atoms with Gasteiger partial charge in [-0.1, -0.05) is 30.4 Å². The molecule has 1 heterocycles. The molecule has 1 aromatic carbocycles. The van der Waals surface area contributed by atoms with Gasteiger partial charge in [-0.15, -0.1) is 0 Å². The van der Waals surface area contributed by atoms with Crippen LogP contribution in [0.4, 0.5) is 0 Å². The van der Waals surface area contributed by atoms with E-state index in [0.29, 0.717) is 5.76 Å². The first-order chi connectivity index (χ1) is 10.4. The van der Waals surface area contributed by atoms with Gasteiger partial charge in [-0.25, -0.2) is 4.79 Å². The Morgan fingerprint density at radius 1 is 1.32 bits per heavy atom. The zero-order valence-corrected chi connectivity index (χ0v) is 12.9. The number of aliphatic hydroxyl groups is 1. The monoisotopic (exact) mass is 304 g/mol. The highest BCUT2D eigenvalue weighted by molar-refractivity contribution is 5.83. The Balaban J connectivity index is 2.02. The number of benzene rings is 1. The largest absolute Gasteiger partial charge is 0.496 e. The van der Waals surface area contributed by atoms with Crippen LogP contribution in [-0.4, -0.2) is 30.1 Å². The van der Waals surface area contributed by atoms with Crippen LogP contribution >= 0.6 is 0 Å². The molecule has 1 aliphatic rings. The van der Waals surface area contributed by atoms with Crippen LogP contribution < -0.4 is 4.74 Å². The van der Waals surface area contributed by atoms with E-state index < -0.39 is 17.9 Å². The van der Waals surface area contributed by atoms with Gasteiger partial charge in [-0.3, -0.25) is 0 Å². The highest BCUT2D eigenvalue weighted by Crippen LogP contribution is 2.25. The lowest BCUT2D eigenvalue weighted by Crippen LogP contribution is -2.34. The first kappa shape index (κ1) is 16.1. The van der Waals surface area contributed by atoms with E-state index in [9.17, 15) is 9.90 Å². The molecular weight excluding hydrogens is 284 g/mol. The molecule has 0 aliphatic carbocycles. The van der Waals surface area contributed by atoms with E-state index in [4.69, 9.17) is 14.2 Å². The second kappa shape index (κ2) is 6.66. The molecule has 1 atom stereocenters. The maximum atomic E-state index is 11.4. The maximum Gasteiger partial charge on any atom is 0.337 e. The van der Waals surface area contributed by atoms with Gasteiger partial charge in [0.15, 0.2) is 0 Å². The average Bonchev–Trinajstić information content (AvgIpc) is 2.43. The van der Waals surface area contributed by atoms with Gasteiger partial charge in [-0.2, -0.15) is 0 Å². The quantitative estimate of drug-likeness (QED) is 0.847. The molecule has 5 nitrogen and oxygen atoms in total. The normalized spacial score (nSPS) is 18.4. The van der Waals surface area contributed by atoms with Crippen LogP contribution in [0, 0.1) is 0 Å². The summed E-state index contributed by atoms with van der Waals surface area (Å²) in [6.45, 7) is 3.30. The molecule has 1 aromatic rings. The third kappa shape index (κ3) is 4.36. The van der Waals surface area contributed by atoms with E-state index in [0.717, 1.165) is 11.3 Å². The number of para-hydroxylation sites is 1. The summed E-state index contributed by atoms with van der Waals surface area (Å²) in [7, 11) is 1.59. The van der Waals surface area contributed by atoms with Gasteiger partial charge in [0.25, 0.3) is 0 Å². The lowest BCUT2D eigenvalue weighted by molar-refractivity contribution is -0.206. The van der Waals surface area contributed by atoms with E-state index in [-0.39, 0.29) is 6.42 Å². The molecule has 0 saturated heterocycles. The van der Waals surface area contributed by atoms with Gasteiger partial charge in [0.2, 0.25) is 5.79 Å². The molecule has 0 radical (unpaired) electrons. The van der Waals surface area contributed by atoms with E-state index >= 15 is 0 Å². The molecule has 5 heteroatoms. The van der Waals surface area contributed by atoms with Gasteiger partial charge in [0.05, 0.1) is 19.3 Å². The Labute approximate surface area is 129 Å². The van der Waals surface area contributed by atoms with Crippen molar-refractivity contribution in [3.63, 3.8) is 0 Å². The Bertz CT molecular complexity index is 601. The van der Waals surface area contributed by atoms with Crippen molar-refractivity contribution in [2.24, 2.45) is 0 Å². The highest BCUT2D eigenvalue weighted by Gasteiger charge is 2.30. The summed E-state index contributed by atoms with van der Waals surface area (Å²) in [5, 5.41) is 10.1. The van der Waals surface area contributed by atoms with Crippen LogP contribution in [0.2, 0.25) is 0 Å². The minimum absolute atomic E-state index is 0.199. The van der Waals surface area contributed by atoms with E-state index in [1.807, 2.05) is 24.3 Å². The molecule has 0 saturated carbocycles. The van der Waals surface area contributed by atoms with E-state index in [1.165, 1.54) is 6.08 Å². The molecule has 22 heavy (non-hydrogen) atoms. The molecule has 0 amide bonds. The van der Waals surface area contributed by atoms with Gasteiger partial charge in [0.1, 0.15) is 11.5 Å². The van der Waals surface area contributed by atoms with Crippen molar-refractivity contribution in [1.29, 1.82) is 0 Å². The predicted molar refractivity (Wildman–Crippen MR) is 82.0 cm³/mol. The predicted octanol–water partition coefficient (Wildman–Crippen LogP) is 2.65. The number of aliphatic hydroxyl groups excluding tert-OH is 1. The van der Waals surface area contributed by atoms with Crippen molar-refractivity contribution in [2.45, 2.75) is 32.2 Å². The minimum atomic E-state index is -1.01. The topological polar surface area (TPSA) is 65.0 Å². The number of carbonyl (C=O) groups is 1. The van der Waals surface area contributed by atoms with Crippen molar-refractivity contribution in [1.82, 2.24) is 0 Å². The summed E-state index contributed by atoms with van der Waals surface area (Å²) in [5.41, 5.74) is 0.863. The number of hydrogen-bond acceptors (Lipinski definition) is 5. The molecule has 1 N–H and O–H groups in total. The summed E-state index contributed by atoms with van der Waals surface area (Å²) in [4.78, 5) is 11.4. The van der Waals surface area contributed by atoms with Crippen molar-refractivity contribution >= 4 is 12.0 Å². The lowest BCUT2D eigenvalue weighted by atomic mass is 10.1. The van der Waals surface area contributed by atoms with Crippen LogP contribution in [0.15, 0.2) is 42.2 Å². The molecule has 0 aromatic heterocycles. The fraction of sp³-hybridized carbons (Fsp3) is 0.353. The van der Waals surface area contributed by atoms with Gasteiger partial charge in [-0.05, 0) is 6.07 Å². The fourth-order valence-electron chi connectivity index (χ4n) is 2.16. The number of esters is 1. The number of carbonyl (C=O) groups excluding carboxylic acids is 1. The average molecular weight is 304 g/mol. The van der Waals surface area contributed by atoms with Crippen LogP contribution in [0.1, 0.15) is 25.8 Å². The first-order valence-corrected chi connectivity index (χ1v) is 7.01. The van der Waals surface area contributed by atoms with Gasteiger partial charge < -0.3 is 19.3 Å². The summed E-state index contributed by atoms with van der Waals surface area (Å²) < 4.78 is 15.7. The third-order valence-corrected chi connectivity index (χ3v) is 3.05. The van der Waals surface area contributed by atoms with E-state index in [2.05, 4.69) is 0 Å². The van der Waals surface area contributed by atoms with Gasteiger partial charge >= 0.3 is 5.97 Å². The Hall–Kier alpha value is -2.27. The molecule has 0 unspecified atom stereocenters. The van der Waals surface area contributed by atoms with Crippen molar-refractivity contribution in [2.75, 3.05) is 7.11 Å². The zero-order chi connectivity index (χ0) is 16.2. The molecule has 118 valence electrons. The number of hydrogen-bond donors (Lipinski definition) is 1. The molecular formula is C17H20O5. The lowest BCUT2D eigenvalue weighted by Gasteiger charge is -2.31. The highest BCUT2D eigenvalue weighted by atomic mass is 16.7. The molecule has 0 bridgehead atoms. The minimum Gasteiger partial charge on any atom is -0.496 e. The summed E-state index contributed by atoms with van der Waals surface area (Å²) in [6, 6.07) is 7.50. The van der Waals surface area contributed by atoms with Crippen molar-refractivity contribution in [3.05, 3.63) is 47.7 Å². The Morgan fingerprint density at radius 2 is 2.05 bits per heavy atom. The zero-order valence-electron chi connectivity index (χ0n) is 12.9. The number of ether oxygens (including phenoxy) is 3. The van der Waals surface area contributed by atoms with Gasteiger partial charge in [0, 0.05) is 25.8 Å². The van der Waals surface area contributed by atoms with Crippen LogP contribution in [0.3, 0.4) is 0 Å². The number of methoxy groups -OCH3 is 1. The van der Waals surface area contributed by atoms with Crippen LogP contribution in [0.25, 0.3) is 6.08 Å². The first-order valence-electron chi connectivity index (χ1n) is 7.01. The summed E-state index contributed by atoms with van der Waals surface area (Å²) in [6.07, 6.45) is 4.08. The van der Waals surface area contributed by atoms with Crippen LogP contribution in [0.5, 0.6) is 5.75 Å². The third-order valence-electron chi connectivity index (χ3n) is 3.05. The Morgan fingerprint density at radius 3 is 2.73 bits per heavy atom. The smallest absolute Gasteiger partial charge is 0.337 e.